The zero-order chi connectivity index (χ0) is 16.8. The number of nitrogens with zero attached hydrogens (tertiary/aromatic N) is 1. The predicted octanol–water partition coefficient (Wildman–Crippen LogP) is 3.47. The molecule has 0 bridgehead atoms. The van der Waals surface area contributed by atoms with Crippen molar-refractivity contribution in [3.05, 3.63) is 29.8 Å². The Balaban J connectivity index is 1.49. The van der Waals surface area contributed by atoms with Gasteiger partial charge in [0.15, 0.2) is 0 Å². The number of amides is 1. The van der Waals surface area contributed by atoms with Crippen LogP contribution < -0.4 is 10.1 Å². The van der Waals surface area contributed by atoms with Crippen LogP contribution in [0.4, 0.5) is 0 Å². The van der Waals surface area contributed by atoms with Gasteiger partial charge in [0.1, 0.15) is 5.75 Å². The number of carbonyl (C=O) groups excluding carboxylic acids is 1. The fourth-order valence-electron chi connectivity index (χ4n) is 3.82. The third-order valence-corrected chi connectivity index (χ3v) is 5.50. The molecule has 3 rings (SSSR count). The molecule has 1 aliphatic carbocycles. The molecule has 0 unspecified atom stereocenters. The Morgan fingerprint density at radius 2 is 1.75 bits per heavy atom. The monoisotopic (exact) mass is 330 g/mol. The third-order valence-electron chi connectivity index (χ3n) is 5.50. The molecular weight excluding hydrogens is 300 g/mol. The SMILES string of the molecule is CNC1CCN(C(=O)c2ccc(OCC3CCCCC3)cc2)CC1. The topological polar surface area (TPSA) is 41.6 Å². The van der Waals surface area contributed by atoms with Gasteiger partial charge in [-0.15, -0.1) is 0 Å². The minimum absolute atomic E-state index is 0.142. The van der Waals surface area contributed by atoms with Gasteiger partial charge in [-0.25, -0.2) is 0 Å². The van der Waals surface area contributed by atoms with E-state index in [9.17, 15) is 4.79 Å². The van der Waals surface area contributed by atoms with E-state index >= 15 is 0 Å². The summed E-state index contributed by atoms with van der Waals surface area (Å²) in [5, 5.41) is 3.30. The van der Waals surface area contributed by atoms with E-state index in [1.807, 2.05) is 36.2 Å². The number of piperidine rings is 1. The Bertz CT molecular complexity index is 515. The number of likely N-dealkylation sites (tertiary alicyclic amines) is 1. The van der Waals surface area contributed by atoms with Gasteiger partial charge in [-0.05, 0) is 62.9 Å². The van der Waals surface area contributed by atoms with Crippen LogP contribution in [0, 0.1) is 5.92 Å². The van der Waals surface area contributed by atoms with Crippen LogP contribution in [-0.4, -0.2) is 43.6 Å². The highest BCUT2D eigenvalue weighted by atomic mass is 16.5. The van der Waals surface area contributed by atoms with E-state index in [0.29, 0.717) is 12.0 Å². The van der Waals surface area contributed by atoms with Crippen molar-refractivity contribution in [1.82, 2.24) is 10.2 Å². The van der Waals surface area contributed by atoms with Gasteiger partial charge in [0, 0.05) is 24.7 Å². The molecule has 1 aromatic carbocycles. The van der Waals surface area contributed by atoms with Gasteiger partial charge in [0.2, 0.25) is 0 Å². The van der Waals surface area contributed by atoms with E-state index in [0.717, 1.165) is 43.9 Å². The zero-order valence-electron chi connectivity index (χ0n) is 14.8. The van der Waals surface area contributed by atoms with Crippen LogP contribution in [0.15, 0.2) is 24.3 Å². The molecule has 1 aromatic rings. The van der Waals surface area contributed by atoms with Crippen LogP contribution in [0.5, 0.6) is 5.75 Å². The summed E-state index contributed by atoms with van der Waals surface area (Å²) < 4.78 is 5.92. The second kappa shape index (κ2) is 8.52. The second-order valence-electron chi connectivity index (χ2n) is 7.19. The lowest BCUT2D eigenvalue weighted by Crippen LogP contribution is -2.43. The molecule has 2 aliphatic rings. The normalized spacial score (nSPS) is 20.1. The van der Waals surface area contributed by atoms with Crippen molar-refractivity contribution in [1.29, 1.82) is 0 Å². The second-order valence-corrected chi connectivity index (χ2v) is 7.19. The summed E-state index contributed by atoms with van der Waals surface area (Å²) in [6, 6.07) is 8.24. The smallest absolute Gasteiger partial charge is 0.253 e. The Labute approximate surface area is 145 Å². The maximum atomic E-state index is 12.6. The largest absolute Gasteiger partial charge is 0.493 e. The van der Waals surface area contributed by atoms with Crippen LogP contribution in [0.25, 0.3) is 0 Å². The van der Waals surface area contributed by atoms with E-state index < -0.39 is 0 Å². The first-order valence-electron chi connectivity index (χ1n) is 9.45. The van der Waals surface area contributed by atoms with E-state index in [-0.39, 0.29) is 5.91 Å². The molecule has 132 valence electrons. The van der Waals surface area contributed by atoms with Crippen molar-refractivity contribution >= 4 is 5.91 Å². The summed E-state index contributed by atoms with van der Waals surface area (Å²) >= 11 is 0. The first-order valence-corrected chi connectivity index (χ1v) is 9.45. The molecule has 0 atom stereocenters. The van der Waals surface area contributed by atoms with Gasteiger partial charge in [0.25, 0.3) is 5.91 Å². The molecule has 4 heteroatoms. The summed E-state index contributed by atoms with van der Waals surface area (Å²) in [5.41, 5.74) is 0.767. The zero-order valence-corrected chi connectivity index (χ0v) is 14.8. The van der Waals surface area contributed by atoms with Gasteiger partial charge in [-0.2, -0.15) is 0 Å². The molecule has 0 spiro atoms. The van der Waals surface area contributed by atoms with Gasteiger partial charge in [-0.3, -0.25) is 4.79 Å². The number of ether oxygens (including phenoxy) is 1. The Morgan fingerprint density at radius 3 is 2.38 bits per heavy atom. The van der Waals surface area contributed by atoms with Crippen molar-refractivity contribution < 1.29 is 9.53 Å². The van der Waals surface area contributed by atoms with Crippen LogP contribution >= 0.6 is 0 Å². The molecule has 4 nitrogen and oxygen atoms in total. The first kappa shape index (κ1) is 17.3. The highest BCUT2D eigenvalue weighted by Gasteiger charge is 2.22. The maximum absolute atomic E-state index is 12.6. The highest BCUT2D eigenvalue weighted by Crippen LogP contribution is 2.25. The number of benzene rings is 1. The summed E-state index contributed by atoms with van der Waals surface area (Å²) in [4.78, 5) is 14.5. The average Bonchev–Trinajstić information content (AvgIpc) is 2.67. The standard InChI is InChI=1S/C20H30N2O2/c1-21-18-11-13-22(14-12-18)20(23)17-7-9-19(10-8-17)24-15-16-5-3-2-4-6-16/h7-10,16,18,21H,2-6,11-15H2,1H3. The third kappa shape index (κ3) is 4.50. The van der Waals surface area contributed by atoms with Gasteiger partial charge in [-0.1, -0.05) is 19.3 Å². The van der Waals surface area contributed by atoms with Crippen molar-refractivity contribution in [2.45, 2.75) is 51.0 Å². The molecule has 1 aliphatic heterocycles. The molecule has 1 N–H and O–H groups in total. The molecular formula is C20H30N2O2. The van der Waals surface area contributed by atoms with Crippen molar-refractivity contribution in [2.75, 3.05) is 26.7 Å². The highest BCUT2D eigenvalue weighted by molar-refractivity contribution is 5.94. The molecule has 1 amide bonds. The van der Waals surface area contributed by atoms with Crippen LogP contribution in [-0.2, 0) is 0 Å². The first-order chi connectivity index (χ1) is 11.8. The summed E-state index contributed by atoms with van der Waals surface area (Å²) in [7, 11) is 1.99. The molecule has 0 radical (unpaired) electrons. The predicted molar refractivity (Wildman–Crippen MR) is 96.5 cm³/mol. The summed E-state index contributed by atoms with van der Waals surface area (Å²) in [5.74, 6) is 1.72. The Kier molecular flexibility index (Phi) is 6.13. The van der Waals surface area contributed by atoms with E-state index in [4.69, 9.17) is 4.74 Å². The molecule has 2 fully saturated rings. The number of hydrogen-bond donors (Lipinski definition) is 1. The number of carbonyl (C=O) groups is 1. The number of nitrogens with one attached hydrogen (secondary N) is 1. The van der Waals surface area contributed by atoms with Crippen LogP contribution in [0.3, 0.4) is 0 Å². The van der Waals surface area contributed by atoms with Gasteiger partial charge >= 0.3 is 0 Å². The molecule has 1 saturated heterocycles. The molecule has 1 saturated carbocycles. The van der Waals surface area contributed by atoms with Crippen LogP contribution in [0.1, 0.15) is 55.3 Å². The van der Waals surface area contributed by atoms with Crippen LogP contribution in [0.2, 0.25) is 0 Å². The van der Waals surface area contributed by atoms with E-state index in [1.165, 1.54) is 32.1 Å². The minimum Gasteiger partial charge on any atom is -0.493 e. The lowest BCUT2D eigenvalue weighted by molar-refractivity contribution is 0.0707. The van der Waals surface area contributed by atoms with E-state index in [2.05, 4.69) is 5.32 Å². The average molecular weight is 330 g/mol. The quantitative estimate of drug-likeness (QED) is 0.899. The van der Waals surface area contributed by atoms with E-state index in [1.54, 1.807) is 0 Å². The van der Waals surface area contributed by atoms with Gasteiger partial charge in [0.05, 0.1) is 6.61 Å². The fraction of sp³-hybridized carbons (Fsp3) is 0.650. The molecule has 0 aromatic heterocycles. The molecule has 1 heterocycles. The summed E-state index contributed by atoms with van der Waals surface area (Å²) in [6.45, 7) is 2.49. The van der Waals surface area contributed by atoms with Gasteiger partial charge < -0.3 is 15.0 Å². The minimum atomic E-state index is 0.142. The van der Waals surface area contributed by atoms with Crippen molar-refractivity contribution in [3.63, 3.8) is 0 Å². The Hall–Kier alpha value is -1.55. The molecule has 24 heavy (non-hydrogen) atoms. The lowest BCUT2D eigenvalue weighted by atomic mass is 9.90. The maximum Gasteiger partial charge on any atom is 0.253 e. The van der Waals surface area contributed by atoms with Crippen molar-refractivity contribution in [3.8, 4) is 5.75 Å². The summed E-state index contributed by atoms with van der Waals surface area (Å²) in [6.07, 6.45) is 8.70. The number of hydrogen-bond acceptors (Lipinski definition) is 3. The Morgan fingerprint density at radius 1 is 1.08 bits per heavy atom. The van der Waals surface area contributed by atoms with Crippen molar-refractivity contribution in [2.24, 2.45) is 5.92 Å². The fourth-order valence-corrected chi connectivity index (χ4v) is 3.82. The number of rotatable bonds is 5. The lowest BCUT2D eigenvalue weighted by Gasteiger charge is -2.31.